The van der Waals surface area contributed by atoms with E-state index in [1.165, 1.54) is 18.7 Å². The van der Waals surface area contributed by atoms with Crippen LogP contribution in [0.2, 0.25) is 0 Å². The predicted octanol–water partition coefficient (Wildman–Crippen LogP) is 3.46. The van der Waals surface area contributed by atoms with E-state index < -0.39 is 17.5 Å². The van der Waals surface area contributed by atoms with Gasteiger partial charge in [-0.15, -0.1) is 0 Å². The van der Waals surface area contributed by atoms with E-state index in [2.05, 4.69) is 6.92 Å². The van der Waals surface area contributed by atoms with E-state index >= 15 is 0 Å². The first-order valence-corrected chi connectivity index (χ1v) is 10.1. The highest BCUT2D eigenvalue weighted by Crippen LogP contribution is 2.27. The van der Waals surface area contributed by atoms with Gasteiger partial charge in [0, 0.05) is 41.7 Å². The first-order valence-electron chi connectivity index (χ1n) is 10.1. The maximum Gasteiger partial charge on any atom is 0.336 e. The molecular weight excluding hydrogens is 398 g/mol. The fourth-order valence-corrected chi connectivity index (χ4v) is 3.75. The summed E-state index contributed by atoms with van der Waals surface area (Å²) < 4.78 is 15.8. The van der Waals surface area contributed by atoms with Crippen molar-refractivity contribution >= 4 is 28.5 Å². The number of aryl methyl sites for hydroxylation is 1. The summed E-state index contributed by atoms with van der Waals surface area (Å²) in [6.45, 7) is 2.26. The summed E-state index contributed by atoms with van der Waals surface area (Å²) in [6.07, 6.45) is 1.02. The maximum absolute atomic E-state index is 12.6. The minimum absolute atomic E-state index is 0.0802. The number of esters is 1. The van der Waals surface area contributed by atoms with E-state index in [1.807, 2.05) is 24.3 Å². The molecule has 7 heteroatoms. The number of ether oxygens (including phenoxy) is 2. The van der Waals surface area contributed by atoms with Crippen LogP contribution >= 0.6 is 0 Å². The quantitative estimate of drug-likeness (QED) is 0.448. The molecule has 0 radical (unpaired) electrons. The molecule has 1 amide bonds. The summed E-state index contributed by atoms with van der Waals surface area (Å²) in [5.74, 6) is -0.564. The van der Waals surface area contributed by atoms with Crippen molar-refractivity contribution in [3.63, 3.8) is 0 Å². The average Bonchev–Trinajstić information content (AvgIpc) is 3.18. The van der Waals surface area contributed by atoms with Crippen LogP contribution in [-0.4, -0.2) is 25.5 Å². The Bertz CT molecular complexity index is 1180. The highest BCUT2D eigenvalue weighted by Gasteiger charge is 2.36. The average molecular weight is 421 g/mol. The highest BCUT2D eigenvalue weighted by atomic mass is 16.5. The molecule has 0 bridgehead atoms. The first kappa shape index (κ1) is 20.7. The van der Waals surface area contributed by atoms with Crippen LogP contribution in [0.15, 0.2) is 57.7 Å². The Balaban J connectivity index is 1.45. The fourth-order valence-electron chi connectivity index (χ4n) is 3.75. The number of fused-ring (bicyclic) bond motifs is 1. The van der Waals surface area contributed by atoms with Crippen LogP contribution in [0.4, 0.5) is 5.69 Å². The van der Waals surface area contributed by atoms with Gasteiger partial charge in [0.2, 0.25) is 5.91 Å². The number of carbonyl (C=O) groups is 2. The highest BCUT2D eigenvalue weighted by molar-refractivity contribution is 5.99. The molecule has 0 aliphatic carbocycles. The van der Waals surface area contributed by atoms with Crippen molar-refractivity contribution < 1.29 is 23.5 Å². The Morgan fingerprint density at radius 2 is 1.90 bits per heavy atom. The smallest absolute Gasteiger partial charge is 0.336 e. The number of nitrogens with zero attached hydrogens (tertiary/aromatic N) is 1. The predicted molar refractivity (Wildman–Crippen MR) is 115 cm³/mol. The van der Waals surface area contributed by atoms with Gasteiger partial charge in [-0.25, -0.2) is 4.79 Å². The Labute approximate surface area is 179 Å². The van der Waals surface area contributed by atoms with Crippen molar-refractivity contribution in [2.75, 3.05) is 18.6 Å². The van der Waals surface area contributed by atoms with E-state index in [0.717, 1.165) is 12.1 Å². The van der Waals surface area contributed by atoms with Gasteiger partial charge in [-0.2, -0.15) is 0 Å². The summed E-state index contributed by atoms with van der Waals surface area (Å²) in [5, 5.41) is 0.660. The van der Waals surface area contributed by atoms with Crippen molar-refractivity contribution in [3.8, 4) is 5.75 Å². The molecule has 1 unspecified atom stereocenters. The molecule has 0 saturated carbocycles. The van der Waals surface area contributed by atoms with Crippen LogP contribution in [0, 0.1) is 5.92 Å². The third kappa shape index (κ3) is 4.30. The van der Waals surface area contributed by atoms with Crippen molar-refractivity contribution in [2.24, 2.45) is 5.92 Å². The van der Waals surface area contributed by atoms with Crippen molar-refractivity contribution in [1.82, 2.24) is 0 Å². The number of hydrogen-bond donors (Lipinski definition) is 0. The largest absolute Gasteiger partial charge is 0.497 e. The topological polar surface area (TPSA) is 86.1 Å². The summed E-state index contributed by atoms with van der Waals surface area (Å²) in [6, 6.07) is 14.2. The third-order valence-electron chi connectivity index (χ3n) is 5.52. The monoisotopic (exact) mass is 421 g/mol. The maximum atomic E-state index is 12.6. The van der Waals surface area contributed by atoms with Gasteiger partial charge < -0.3 is 18.8 Å². The molecule has 1 aliphatic rings. The molecule has 4 rings (SSSR count). The van der Waals surface area contributed by atoms with Gasteiger partial charge in [0.05, 0.1) is 13.0 Å². The van der Waals surface area contributed by atoms with E-state index in [1.54, 1.807) is 23.1 Å². The summed E-state index contributed by atoms with van der Waals surface area (Å²) >= 11 is 0. The Morgan fingerprint density at radius 3 is 2.61 bits per heavy atom. The van der Waals surface area contributed by atoms with Crippen LogP contribution in [-0.2, 0) is 27.4 Å². The molecular formula is C24H23NO6. The van der Waals surface area contributed by atoms with E-state index in [4.69, 9.17) is 13.9 Å². The molecule has 2 aromatic carbocycles. The molecule has 1 aromatic heterocycles. The molecule has 160 valence electrons. The summed E-state index contributed by atoms with van der Waals surface area (Å²) in [7, 11) is 1.52. The van der Waals surface area contributed by atoms with Crippen LogP contribution in [0.3, 0.4) is 0 Å². The van der Waals surface area contributed by atoms with Crippen LogP contribution in [0.5, 0.6) is 5.75 Å². The Hall–Kier alpha value is -3.61. The lowest BCUT2D eigenvalue weighted by Crippen LogP contribution is -2.26. The molecule has 3 aromatic rings. The summed E-state index contributed by atoms with van der Waals surface area (Å²) in [5.41, 5.74) is 2.32. The minimum atomic E-state index is -0.551. The fraction of sp³-hybridized carbons (Fsp3) is 0.292. The van der Waals surface area contributed by atoms with Crippen molar-refractivity contribution in [2.45, 2.75) is 26.4 Å². The second-order valence-corrected chi connectivity index (χ2v) is 7.49. The molecule has 2 heterocycles. The zero-order valence-electron chi connectivity index (χ0n) is 17.4. The number of rotatable bonds is 6. The lowest BCUT2D eigenvalue weighted by atomic mass is 10.1. The van der Waals surface area contributed by atoms with Gasteiger partial charge in [0.25, 0.3) is 0 Å². The zero-order valence-corrected chi connectivity index (χ0v) is 17.4. The lowest BCUT2D eigenvalue weighted by molar-refractivity contribution is -0.149. The van der Waals surface area contributed by atoms with Crippen molar-refractivity contribution in [3.05, 3.63) is 70.1 Å². The van der Waals surface area contributed by atoms with Gasteiger partial charge in [-0.05, 0) is 36.2 Å². The van der Waals surface area contributed by atoms with Crippen LogP contribution < -0.4 is 15.3 Å². The first-order chi connectivity index (χ1) is 15.0. The second kappa shape index (κ2) is 8.63. The van der Waals surface area contributed by atoms with Gasteiger partial charge >= 0.3 is 11.6 Å². The molecule has 1 atom stereocenters. The second-order valence-electron chi connectivity index (χ2n) is 7.49. The molecule has 1 fully saturated rings. The number of carbonyl (C=O) groups excluding carboxylic acids is 2. The molecule has 0 N–H and O–H groups in total. The van der Waals surface area contributed by atoms with Crippen molar-refractivity contribution in [1.29, 1.82) is 0 Å². The molecule has 7 nitrogen and oxygen atoms in total. The minimum Gasteiger partial charge on any atom is -0.497 e. The number of anilines is 1. The molecule has 31 heavy (non-hydrogen) atoms. The van der Waals surface area contributed by atoms with Gasteiger partial charge in [-0.3, -0.25) is 9.59 Å². The third-order valence-corrected chi connectivity index (χ3v) is 5.52. The standard InChI is InChI=1S/C24H23NO6/c1-3-15-4-6-18(7-5-15)25-13-16(10-22(25)26)24(28)30-14-17-11-23(27)31-21-12-19(29-2)8-9-20(17)21/h4-9,11-12,16H,3,10,13-14H2,1-2H3. The van der Waals surface area contributed by atoms with Gasteiger partial charge in [0.15, 0.2) is 0 Å². The Kier molecular flexibility index (Phi) is 5.75. The van der Waals surface area contributed by atoms with E-state index in [0.29, 0.717) is 22.3 Å². The SMILES string of the molecule is CCc1ccc(N2CC(C(=O)OCc3cc(=O)oc4cc(OC)ccc34)CC2=O)cc1. The van der Waals surface area contributed by atoms with E-state index in [9.17, 15) is 14.4 Å². The van der Waals surface area contributed by atoms with E-state index in [-0.39, 0.29) is 25.5 Å². The number of methoxy groups -OCH3 is 1. The van der Waals surface area contributed by atoms with Crippen LogP contribution in [0.25, 0.3) is 11.0 Å². The summed E-state index contributed by atoms with van der Waals surface area (Å²) in [4.78, 5) is 38.6. The molecule has 0 spiro atoms. The normalized spacial score (nSPS) is 16.0. The van der Waals surface area contributed by atoms with Gasteiger partial charge in [0.1, 0.15) is 17.9 Å². The lowest BCUT2D eigenvalue weighted by Gasteiger charge is -2.17. The van der Waals surface area contributed by atoms with Crippen LogP contribution in [0.1, 0.15) is 24.5 Å². The number of benzene rings is 2. The number of amides is 1. The zero-order chi connectivity index (χ0) is 22.0. The molecule has 1 aliphatic heterocycles. The number of hydrogen-bond acceptors (Lipinski definition) is 6. The van der Waals surface area contributed by atoms with Gasteiger partial charge in [-0.1, -0.05) is 19.1 Å². The Morgan fingerprint density at radius 1 is 1.13 bits per heavy atom. The molecule has 1 saturated heterocycles.